The smallest absolute Gasteiger partial charge is 0.226 e. The maximum absolute atomic E-state index is 5.43. The average molecular weight is 279 g/mol. The van der Waals surface area contributed by atoms with Crippen LogP contribution in [0.3, 0.4) is 0 Å². The lowest BCUT2D eigenvalue weighted by molar-refractivity contribution is 0.108. The third kappa shape index (κ3) is 3.19. The zero-order chi connectivity index (χ0) is 13.9. The van der Waals surface area contributed by atoms with E-state index in [2.05, 4.69) is 39.4 Å². The van der Waals surface area contributed by atoms with E-state index in [0.29, 0.717) is 0 Å². The number of nitrogens with zero attached hydrogens (tertiary/aromatic N) is 4. The number of hydrogen-bond acceptors (Lipinski definition) is 6. The number of piperazine rings is 1. The zero-order valence-corrected chi connectivity index (χ0v) is 12.5. The predicted octanol–water partition coefficient (Wildman–Crippen LogP) is 0.530. The summed E-state index contributed by atoms with van der Waals surface area (Å²) in [4.78, 5) is 9.25. The van der Waals surface area contributed by atoms with Gasteiger partial charge in [-0.3, -0.25) is 4.90 Å². The van der Waals surface area contributed by atoms with Gasteiger partial charge in [-0.25, -0.2) is 0 Å². The Morgan fingerprint density at radius 3 is 3.05 bits per heavy atom. The van der Waals surface area contributed by atoms with Crippen molar-refractivity contribution in [2.24, 2.45) is 5.92 Å². The van der Waals surface area contributed by atoms with Gasteiger partial charge in [0, 0.05) is 26.1 Å². The highest BCUT2D eigenvalue weighted by Gasteiger charge is 2.28. The molecule has 2 atom stereocenters. The van der Waals surface area contributed by atoms with Gasteiger partial charge in [0.1, 0.15) is 0 Å². The van der Waals surface area contributed by atoms with Gasteiger partial charge in [0.2, 0.25) is 5.89 Å². The van der Waals surface area contributed by atoms with Crippen molar-refractivity contribution in [2.75, 3.05) is 46.8 Å². The number of likely N-dealkylation sites (N-methyl/N-ethyl adjacent to an activating group) is 2. The third-order valence-corrected chi connectivity index (χ3v) is 4.56. The van der Waals surface area contributed by atoms with E-state index in [1.807, 2.05) is 0 Å². The lowest BCUT2D eigenvalue weighted by atomic mass is 10.0. The molecule has 2 aliphatic rings. The molecule has 0 radical (unpaired) electrons. The van der Waals surface area contributed by atoms with E-state index in [4.69, 9.17) is 4.52 Å². The molecular weight excluding hydrogens is 254 g/mol. The molecule has 2 aliphatic heterocycles. The molecule has 6 nitrogen and oxygen atoms in total. The molecule has 0 spiro atoms. The lowest BCUT2D eigenvalue weighted by Crippen LogP contribution is -2.45. The highest BCUT2D eigenvalue weighted by molar-refractivity contribution is 4.98. The fourth-order valence-corrected chi connectivity index (χ4v) is 3.08. The van der Waals surface area contributed by atoms with Crippen LogP contribution in [0.1, 0.15) is 30.6 Å². The van der Waals surface area contributed by atoms with Crippen LogP contribution in [0.4, 0.5) is 0 Å². The molecule has 0 aromatic carbocycles. The van der Waals surface area contributed by atoms with Gasteiger partial charge in [0.25, 0.3) is 0 Å². The molecule has 6 heteroatoms. The Labute approximate surface area is 120 Å². The molecule has 2 saturated heterocycles. The van der Waals surface area contributed by atoms with Crippen LogP contribution in [0.15, 0.2) is 4.52 Å². The quantitative estimate of drug-likeness (QED) is 0.867. The van der Waals surface area contributed by atoms with Crippen molar-refractivity contribution < 1.29 is 4.52 Å². The van der Waals surface area contributed by atoms with E-state index in [1.165, 1.54) is 6.42 Å². The Balaban J connectivity index is 1.57. The van der Waals surface area contributed by atoms with Gasteiger partial charge in [-0.1, -0.05) is 5.16 Å². The number of hydrogen-bond donors (Lipinski definition) is 1. The second-order valence-electron chi connectivity index (χ2n) is 6.20. The van der Waals surface area contributed by atoms with E-state index in [9.17, 15) is 0 Å². The maximum Gasteiger partial charge on any atom is 0.226 e. The largest absolute Gasteiger partial charge is 0.339 e. The van der Waals surface area contributed by atoms with Crippen LogP contribution in [0.2, 0.25) is 0 Å². The van der Waals surface area contributed by atoms with Crippen LogP contribution in [-0.2, 0) is 6.42 Å². The molecule has 0 bridgehead atoms. The van der Waals surface area contributed by atoms with Gasteiger partial charge in [0.15, 0.2) is 5.82 Å². The van der Waals surface area contributed by atoms with Crippen LogP contribution >= 0.6 is 0 Å². The first-order chi connectivity index (χ1) is 9.72. The minimum absolute atomic E-state index is 0.263. The highest BCUT2D eigenvalue weighted by atomic mass is 16.5. The summed E-state index contributed by atoms with van der Waals surface area (Å²) < 4.78 is 5.43. The molecule has 3 heterocycles. The summed E-state index contributed by atoms with van der Waals surface area (Å²) in [6.07, 6.45) is 3.33. The van der Waals surface area contributed by atoms with Gasteiger partial charge < -0.3 is 14.7 Å². The molecule has 1 aromatic rings. The van der Waals surface area contributed by atoms with Gasteiger partial charge in [-0.2, -0.15) is 4.98 Å². The normalized spacial score (nSPS) is 29.1. The zero-order valence-electron chi connectivity index (χ0n) is 12.5. The van der Waals surface area contributed by atoms with Crippen LogP contribution in [-0.4, -0.2) is 66.8 Å². The van der Waals surface area contributed by atoms with Crippen molar-refractivity contribution in [3.05, 3.63) is 11.7 Å². The predicted molar refractivity (Wildman–Crippen MR) is 76.5 cm³/mol. The number of rotatable bonds is 4. The SMILES string of the molecule is CN1CCN(C)C(c2noc(CCC3CCNC3)n2)C1. The molecule has 2 fully saturated rings. The Hall–Kier alpha value is -0.980. The van der Waals surface area contributed by atoms with Crippen molar-refractivity contribution >= 4 is 0 Å². The van der Waals surface area contributed by atoms with Gasteiger partial charge in [-0.15, -0.1) is 0 Å². The van der Waals surface area contributed by atoms with E-state index in [1.54, 1.807) is 0 Å². The molecule has 112 valence electrons. The average Bonchev–Trinajstić information content (AvgIpc) is 3.10. The minimum atomic E-state index is 0.263. The molecule has 1 N–H and O–H groups in total. The number of aryl methyl sites for hydroxylation is 1. The summed E-state index contributed by atoms with van der Waals surface area (Å²) in [6, 6.07) is 0.263. The fraction of sp³-hybridized carbons (Fsp3) is 0.857. The Bertz CT molecular complexity index is 429. The Morgan fingerprint density at radius 2 is 2.25 bits per heavy atom. The molecule has 1 aromatic heterocycles. The second-order valence-corrected chi connectivity index (χ2v) is 6.20. The summed E-state index contributed by atoms with van der Waals surface area (Å²) >= 11 is 0. The van der Waals surface area contributed by atoms with E-state index < -0.39 is 0 Å². The molecule has 0 amide bonds. The summed E-state index contributed by atoms with van der Waals surface area (Å²) in [7, 11) is 4.28. The van der Waals surface area contributed by atoms with E-state index >= 15 is 0 Å². The van der Waals surface area contributed by atoms with Crippen LogP contribution in [0, 0.1) is 5.92 Å². The molecule has 20 heavy (non-hydrogen) atoms. The summed E-state index contributed by atoms with van der Waals surface area (Å²) in [5.41, 5.74) is 0. The fourth-order valence-electron chi connectivity index (χ4n) is 3.08. The van der Waals surface area contributed by atoms with Crippen molar-refractivity contribution in [3.8, 4) is 0 Å². The van der Waals surface area contributed by atoms with Gasteiger partial charge in [0.05, 0.1) is 6.04 Å². The van der Waals surface area contributed by atoms with Crippen molar-refractivity contribution in [2.45, 2.75) is 25.3 Å². The number of aromatic nitrogens is 2. The van der Waals surface area contributed by atoms with Crippen LogP contribution in [0.5, 0.6) is 0 Å². The molecular formula is C14H25N5O. The molecule has 0 saturated carbocycles. The molecule has 0 aliphatic carbocycles. The van der Waals surface area contributed by atoms with Crippen LogP contribution < -0.4 is 5.32 Å². The number of nitrogens with one attached hydrogen (secondary N) is 1. The van der Waals surface area contributed by atoms with E-state index in [-0.39, 0.29) is 6.04 Å². The third-order valence-electron chi connectivity index (χ3n) is 4.56. The first kappa shape index (κ1) is 14.0. The lowest BCUT2D eigenvalue weighted by Gasteiger charge is -2.35. The highest BCUT2D eigenvalue weighted by Crippen LogP contribution is 2.22. The first-order valence-corrected chi connectivity index (χ1v) is 7.64. The van der Waals surface area contributed by atoms with Crippen molar-refractivity contribution in [1.29, 1.82) is 0 Å². The topological polar surface area (TPSA) is 57.4 Å². The minimum Gasteiger partial charge on any atom is -0.339 e. The van der Waals surface area contributed by atoms with Gasteiger partial charge >= 0.3 is 0 Å². The Morgan fingerprint density at radius 1 is 1.35 bits per heavy atom. The second kappa shape index (κ2) is 6.20. The molecule has 3 rings (SSSR count). The van der Waals surface area contributed by atoms with Crippen molar-refractivity contribution in [1.82, 2.24) is 25.3 Å². The Kier molecular flexibility index (Phi) is 4.33. The van der Waals surface area contributed by atoms with Crippen LogP contribution in [0.25, 0.3) is 0 Å². The van der Waals surface area contributed by atoms with Crippen molar-refractivity contribution in [3.63, 3.8) is 0 Å². The monoisotopic (exact) mass is 279 g/mol. The van der Waals surface area contributed by atoms with E-state index in [0.717, 1.165) is 63.2 Å². The first-order valence-electron chi connectivity index (χ1n) is 7.64. The maximum atomic E-state index is 5.43. The molecule has 2 unspecified atom stereocenters. The summed E-state index contributed by atoms with van der Waals surface area (Å²) in [5.74, 6) is 2.42. The summed E-state index contributed by atoms with van der Waals surface area (Å²) in [6.45, 7) is 5.42. The standard InChI is InChI=1S/C14H25N5O/c1-18-7-8-19(2)12(10-18)14-16-13(20-17-14)4-3-11-5-6-15-9-11/h11-12,15H,3-10H2,1-2H3. The van der Waals surface area contributed by atoms with Gasteiger partial charge in [-0.05, 0) is 45.9 Å². The summed E-state index contributed by atoms with van der Waals surface area (Å²) in [5, 5.41) is 7.60.